The van der Waals surface area contributed by atoms with E-state index in [2.05, 4.69) is 19.2 Å². The number of hydrogen-bond donors (Lipinski definition) is 1. The third-order valence-corrected chi connectivity index (χ3v) is 3.57. The zero-order chi connectivity index (χ0) is 15.4. The third kappa shape index (κ3) is 19.9. The first kappa shape index (κ1) is 20.9. The van der Waals surface area contributed by atoms with E-state index in [9.17, 15) is 0 Å². The number of rotatable bonds is 18. The van der Waals surface area contributed by atoms with Gasteiger partial charge in [0.1, 0.15) is 0 Å². The number of unbranched alkanes of at least 4 members (excludes halogenated alkanes) is 6. The molecule has 3 heteroatoms. The Morgan fingerprint density at radius 2 is 0.952 bits per heavy atom. The van der Waals surface area contributed by atoms with Crippen molar-refractivity contribution < 1.29 is 9.47 Å². The van der Waals surface area contributed by atoms with Gasteiger partial charge in [-0.2, -0.15) is 0 Å². The minimum absolute atomic E-state index is 0.896. The van der Waals surface area contributed by atoms with Crippen LogP contribution in [-0.4, -0.2) is 39.5 Å². The molecule has 0 bridgehead atoms. The summed E-state index contributed by atoms with van der Waals surface area (Å²) in [6.45, 7) is 10.3. The highest BCUT2D eigenvalue weighted by Gasteiger charge is 1.93. The van der Waals surface area contributed by atoms with E-state index in [1.54, 1.807) is 0 Å². The standard InChI is InChI=1S/C18H39NO2/c1-3-5-7-9-15-20-17-11-13-19-14-12-18-21-16-10-8-6-4-2/h19H,3-18H2,1-2H3. The Kier molecular flexibility index (Phi) is 19.8. The summed E-state index contributed by atoms with van der Waals surface area (Å²) in [6.07, 6.45) is 12.6. The van der Waals surface area contributed by atoms with Crippen molar-refractivity contribution in [3.8, 4) is 0 Å². The fourth-order valence-electron chi connectivity index (χ4n) is 2.19. The van der Waals surface area contributed by atoms with Crippen molar-refractivity contribution in [2.45, 2.75) is 78.1 Å². The van der Waals surface area contributed by atoms with E-state index in [1.807, 2.05) is 0 Å². The normalized spacial score (nSPS) is 11.1. The quantitative estimate of drug-likeness (QED) is 0.377. The molecule has 0 aliphatic rings. The third-order valence-electron chi connectivity index (χ3n) is 3.57. The maximum atomic E-state index is 5.61. The van der Waals surface area contributed by atoms with Crippen LogP contribution in [0.2, 0.25) is 0 Å². The van der Waals surface area contributed by atoms with E-state index in [0.717, 1.165) is 52.4 Å². The first-order valence-corrected chi connectivity index (χ1v) is 9.28. The van der Waals surface area contributed by atoms with Crippen LogP contribution in [0.4, 0.5) is 0 Å². The second kappa shape index (κ2) is 19.9. The first-order valence-electron chi connectivity index (χ1n) is 9.28. The van der Waals surface area contributed by atoms with E-state index in [1.165, 1.54) is 51.4 Å². The molecule has 1 N–H and O–H groups in total. The van der Waals surface area contributed by atoms with Crippen LogP contribution in [0.1, 0.15) is 78.1 Å². The molecule has 0 aliphatic carbocycles. The molecule has 0 aromatic rings. The van der Waals surface area contributed by atoms with Crippen molar-refractivity contribution in [2.75, 3.05) is 39.5 Å². The highest BCUT2D eigenvalue weighted by Crippen LogP contribution is 1.99. The van der Waals surface area contributed by atoms with E-state index in [0.29, 0.717) is 0 Å². The Morgan fingerprint density at radius 1 is 0.524 bits per heavy atom. The van der Waals surface area contributed by atoms with Gasteiger partial charge in [0.2, 0.25) is 0 Å². The minimum Gasteiger partial charge on any atom is -0.381 e. The first-order chi connectivity index (χ1) is 10.4. The Morgan fingerprint density at radius 3 is 1.38 bits per heavy atom. The van der Waals surface area contributed by atoms with Gasteiger partial charge in [0.05, 0.1) is 0 Å². The molecule has 0 saturated carbocycles. The zero-order valence-electron chi connectivity index (χ0n) is 14.6. The van der Waals surface area contributed by atoms with Crippen molar-refractivity contribution in [2.24, 2.45) is 0 Å². The molecule has 21 heavy (non-hydrogen) atoms. The van der Waals surface area contributed by atoms with Crippen LogP contribution < -0.4 is 5.32 Å². The smallest absolute Gasteiger partial charge is 0.0478 e. The second-order valence-corrected chi connectivity index (χ2v) is 5.80. The molecule has 0 fully saturated rings. The van der Waals surface area contributed by atoms with Crippen LogP contribution in [0.15, 0.2) is 0 Å². The van der Waals surface area contributed by atoms with Crippen LogP contribution in [0.25, 0.3) is 0 Å². The molecule has 0 saturated heterocycles. The average molecular weight is 302 g/mol. The van der Waals surface area contributed by atoms with Crippen LogP contribution >= 0.6 is 0 Å². The molecule has 0 rings (SSSR count). The molecule has 0 heterocycles. The van der Waals surface area contributed by atoms with Crippen LogP contribution in [0.5, 0.6) is 0 Å². The Labute approximate surface area is 133 Å². The van der Waals surface area contributed by atoms with Gasteiger partial charge in [-0.15, -0.1) is 0 Å². The van der Waals surface area contributed by atoms with E-state index in [-0.39, 0.29) is 0 Å². The lowest BCUT2D eigenvalue weighted by atomic mass is 10.2. The van der Waals surface area contributed by atoms with Crippen molar-refractivity contribution in [3.63, 3.8) is 0 Å². The molecular formula is C18H39NO2. The predicted molar refractivity (Wildman–Crippen MR) is 92.0 cm³/mol. The lowest BCUT2D eigenvalue weighted by Gasteiger charge is -2.07. The highest BCUT2D eigenvalue weighted by molar-refractivity contribution is 4.48. The molecule has 0 aromatic carbocycles. The zero-order valence-corrected chi connectivity index (χ0v) is 14.6. The molecule has 0 aliphatic heterocycles. The molecule has 0 radical (unpaired) electrons. The fourth-order valence-corrected chi connectivity index (χ4v) is 2.19. The van der Waals surface area contributed by atoms with Crippen LogP contribution in [0, 0.1) is 0 Å². The van der Waals surface area contributed by atoms with Gasteiger partial charge in [0, 0.05) is 26.4 Å². The number of ether oxygens (including phenoxy) is 2. The molecule has 3 nitrogen and oxygen atoms in total. The summed E-state index contributed by atoms with van der Waals surface area (Å²) in [5, 5.41) is 3.45. The lowest BCUT2D eigenvalue weighted by molar-refractivity contribution is 0.123. The molecule has 0 spiro atoms. The van der Waals surface area contributed by atoms with Gasteiger partial charge in [-0.25, -0.2) is 0 Å². The van der Waals surface area contributed by atoms with Crippen molar-refractivity contribution in [1.29, 1.82) is 0 Å². The maximum absolute atomic E-state index is 5.61. The SMILES string of the molecule is CCCCCCOCCCNCCCOCCCCCC. The summed E-state index contributed by atoms with van der Waals surface area (Å²) in [6, 6.07) is 0. The molecular weight excluding hydrogens is 262 g/mol. The topological polar surface area (TPSA) is 30.5 Å². The van der Waals surface area contributed by atoms with Gasteiger partial charge in [-0.3, -0.25) is 0 Å². The van der Waals surface area contributed by atoms with E-state index < -0.39 is 0 Å². The van der Waals surface area contributed by atoms with Gasteiger partial charge in [-0.05, 0) is 38.8 Å². The maximum Gasteiger partial charge on any atom is 0.0478 e. The molecule has 128 valence electrons. The van der Waals surface area contributed by atoms with Gasteiger partial charge in [-0.1, -0.05) is 52.4 Å². The Balaban J connectivity index is 2.90. The van der Waals surface area contributed by atoms with Gasteiger partial charge < -0.3 is 14.8 Å². The number of nitrogens with one attached hydrogen (secondary N) is 1. The summed E-state index contributed by atoms with van der Waals surface area (Å²) in [5.41, 5.74) is 0. The largest absolute Gasteiger partial charge is 0.381 e. The average Bonchev–Trinajstić information content (AvgIpc) is 2.50. The minimum atomic E-state index is 0.896. The summed E-state index contributed by atoms with van der Waals surface area (Å²) in [4.78, 5) is 0. The summed E-state index contributed by atoms with van der Waals surface area (Å²) in [7, 11) is 0. The molecule has 0 atom stereocenters. The molecule has 0 amide bonds. The number of hydrogen-bond acceptors (Lipinski definition) is 3. The summed E-state index contributed by atoms with van der Waals surface area (Å²) >= 11 is 0. The Hall–Kier alpha value is -0.120. The van der Waals surface area contributed by atoms with Crippen LogP contribution in [0.3, 0.4) is 0 Å². The second-order valence-electron chi connectivity index (χ2n) is 5.80. The van der Waals surface area contributed by atoms with Crippen molar-refractivity contribution >= 4 is 0 Å². The summed E-state index contributed by atoms with van der Waals surface area (Å²) < 4.78 is 11.2. The van der Waals surface area contributed by atoms with Crippen molar-refractivity contribution in [1.82, 2.24) is 5.32 Å². The van der Waals surface area contributed by atoms with Crippen LogP contribution in [-0.2, 0) is 9.47 Å². The predicted octanol–water partition coefficient (Wildman–Crippen LogP) is 4.55. The monoisotopic (exact) mass is 301 g/mol. The highest BCUT2D eigenvalue weighted by atomic mass is 16.5. The van der Waals surface area contributed by atoms with Gasteiger partial charge in [0.25, 0.3) is 0 Å². The van der Waals surface area contributed by atoms with Gasteiger partial charge in [0.15, 0.2) is 0 Å². The molecule has 0 unspecified atom stereocenters. The summed E-state index contributed by atoms with van der Waals surface area (Å²) in [5.74, 6) is 0. The fraction of sp³-hybridized carbons (Fsp3) is 1.00. The lowest BCUT2D eigenvalue weighted by Crippen LogP contribution is -2.19. The Bertz CT molecular complexity index is 159. The molecule has 0 aromatic heterocycles. The van der Waals surface area contributed by atoms with E-state index in [4.69, 9.17) is 9.47 Å². The van der Waals surface area contributed by atoms with Crippen molar-refractivity contribution in [3.05, 3.63) is 0 Å². The van der Waals surface area contributed by atoms with E-state index >= 15 is 0 Å². The van der Waals surface area contributed by atoms with Gasteiger partial charge >= 0.3 is 0 Å².